The van der Waals surface area contributed by atoms with Gasteiger partial charge in [0.05, 0.1) is 12.6 Å². The second-order valence-corrected chi connectivity index (χ2v) is 5.38. The Hall–Kier alpha value is -1.12. The van der Waals surface area contributed by atoms with Crippen LogP contribution in [0, 0.1) is 17.2 Å². The summed E-state index contributed by atoms with van der Waals surface area (Å²) in [7, 11) is 0. The molecule has 1 unspecified atom stereocenters. The molecule has 0 spiro atoms. The minimum Gasteiger partial charge on any atom is -0.342 e. The van der Waals surface area contributed by atoms with Gasteiger partial charge in [0.1, 0.15) is 6.04 Å². The summed E-state index contributed by atoms with van der Waals surface area (Å²) in [5, 5.41) is 12.2. The van der Waals surface area contributed by atoms with Crippen molar-refractivity contribution in [2.24, 2.45) is 5.92 Å². The van der Waals surface area contributed by atoms with Crippen molar-refractivity contribution in [1.82, 2.24) is 15.1 Å². The molecule has 5 nitrogen and oxygen atoms in total. The lowest BCUT2D eigenvalue weighted by molar-refractivity contribution is -0.134. The standard InChI is InChI=1S/C13H22N4O/c1-11-2-5-16(6-3-11)13(18)10-17-7-4-15-9-12(17)8-14/h11-12,15H,2-7,9-10H2,1H3. The number of carbonyl (C=O) groups excluding carboxylic acids is 1. The highest BCUT2D eigenvalue weighted by molar-refractivity contribution is 5.78. The number of piperazine rings is 1. The molecule has 0 aromatic heterocycles. The van der Waals surface area contributed by atoms with Crippen LogP contribution in [0.2, 0.25) is 0 Å². The number of rotatable bonds is 2. The summed E-state index contributed by atoms with van der Waals surface area (Å²) in [5.74, 6) is 0.921. The molecule has 5 heteroatoms. The number of carbonyl (C=O) groups is 1. The second-order valence-electron chi connectivity index (χ2n) is 5.38. The van der Waals surface area contributed by atoms with Gasteiger partial charge in [-0.25, -0.2) is 0 Å². The molecule has 0 aliphatic carbocycles. The van der Waals surface area contributed by atoms with Crippen LogP contribution in [0.15, 0.2) is 0 Å². The van der Waals surface area contributed by atoms with E-state index in [-0.39, 0.29) is 11.9 Å². The zero-order chi connectivity index (χ0) is 13.0. The Morgan fingerprint density at radius 3 is 2.78 bits per heavy atom. The Bertz CT molecular complexity index is 330. The monoisotopic (exact) mass is 250 g/mol. The maximum Gasteiger partial charge on any atom is 0.236 e. The number of amides is 1. The van der Waals surface area contributed by atoms with Gasteiger partial charge in [-0.2, -0.15) is 5.26 Å². The van der Waals surface area contributed by atoms with E-state index in [9.17, 15) is 4.79 Å². The highest BCUT2D eigenvalue weighted by atomic mass is 16.2. The van der Waals surface area contributed by atoms with Gasteiger partial charge in [0.2, 0.25) is 5.91 Å². The summed E-state index contributed by atoms with van der Waals surface area (Å²) >= 11 is 0. The highest BCUT2D eigenvalue weighted by Crippen LogP contribution is 2.16. The van der Waals surface area contributed by atoms with Crippen LogP contribution in [0.4, 0.5) is 0 Å². The van der Waals surface area contributed by atoms with Gasteiger partial charge in [0, 0.05) is 32.7 Å². The topological polar surface area (TPSA) is 59.4 Å². The van der Waals surface area contributed by atoms with Crippen LogP contribution >= 0.6 is 0 Å². The molecule has 1 atom stereocenters. The third kappa shape index (κ3) is 3.21. The molecule has 1 amide bonds. The quantitative estimate of drug-likeness (QED) is 0.752. The van der Waals surface area contributed by atoms with E-state index < -0.39 is 0 Å². The average molecular weight is 250 g/mol. The first-order valence-corrected chi connectivity index (χ1v) is 6.83. The van der Waals surface area contributed by atoms with Gasteiger partial charge in [0.15, 0.2) is 0 Å². The van der Waals surface area contributed by atoms with E-state index >= 15 is 0 Å². The van der Waals surface area contributed by atoms with E-state index in [4.69, 9.17) is 5.26 Å². The number of nitrogens with one attached hydrogen (secondary N) is 1. The zero-order valence-electron chi connectivity index (χ0n) is 11.1. The maximum absolute atomic E-state index is 12.2. The molecule has 0 bridgehead atoms. The summed E-state index contributed by atoms with van der Waals surface area (Å²) in [6.45, 7) is 6.71. The van der Waals surface area contributed by atoms with Crippen molar-refractivity contribution < 1.29 is 4.79 Å². The van der Waals surface area contributed by atoms with Gasteiger partial charge in [-0.1, -0.05) is 6.92 Å². The summed E-state index contributed by atoms with van der Waals surface area (Å²) in [5.41, 5.74) is 0. The number of likely N-dealkylation sites (tertiary alicyclic amines) is 1. The SMILES string of the molecule is CC1CCN(C(=O)CN2CCNCC2C#N)CC1. The van der Waals surface area contributed by atoms with Gasteiger partial charge >= 0.3 is 0 Å². The van der Waals surface area contributed by atoms with Crippen molar-refractivity contribution >= 4 is 5.91 Å². The highest BCUT2D eigenvalue weighted by Gasteiger charge is 2.27. The number of hydrogen-bond donors (Lipinski definition) is 1. The fraction of sp³-hybridized carbons (Fsp3) is 0.846. The number of hydrogen-bond acceptors (Lipinski definition) is 4. The molecule has 2 heterocycles. The average Bonchev–Trinajstić information content (AvgIpc) is 2.40. The normalized spacial score (nSPS) is 26.9. The molecule has 2 aliphatic rings. The fourth-order valence-corrected chi connectivity index (χ4v) is 2.59. The Morgan fingerprint density at radius 1 is 1.39 bits per heavy atom. The second kappa shape index (κ2) is 6.17. The molecule has 2 rings (SSSR count). The molecule has 1 N–H and O–H groups in total. The van der Waals surface area contributed by atoms with Crippen molar-refractivity contribution in [3.63, 3.8) is 0 Å². The molecule has 2 aliphatic heterocycles. The lowest BCUT2D eigenvalue weighted by Gasteiger charge is -2.35. The Labute approximate surface area is 109 Å². The van der Waals surface area contributed by atoms with Crippen LogP contribution in [0.3, 0.4) is 0 Å². The molecule has 2 saturated heterocycles. The fourth-order valence-electron chi connectivity index (χ4n) is 2.59. The van der Waals surface area contributed by atoms with Crippen molar-refractivity contribution in [2.75, 3.05) is 39.3 Å². The molecule has 0 aromatic rings. The van der Waals surface area contributed by atoms with Gasteiger partial charge in [-0.05, 0) is 18.8 Å². The van der Waals surface area contributed by atoms with Crippen LogP contribution < -0.4 is 5.32 Å². The predicted molar refractivity (Wildman–Crippen MR) is 68.8 cm³/mol. The molecule has 2 fully saturated rings. The van der Waals surface area contributed by atoms with Gasteiger partial charge in [-0.15, -0.1) is 0 Å². The predicted octanol–water partition coefficient (Wildman–Crippen LogP) is 0.0423. The minimum absolute atomic E-state index is 0.161. The molecule has 0 aromatic carbocycles. The zero-order valence-corrected chi connectivity index (χ0v) is 11.1. The van der Waals surface area contributed by atoms with Crippen LogP contribution in [0.25, 0.3) is 0 Å². The summed E-state index contributed by atoms with van der Waals surface area (Å²) in [4.78, 5) is 16.1. The molecular weight excluding hydrogens is 228 g/mol. The Kier molecular flexibility index (Phi) is 4.56. The van der Waals surface area contributed by atoms with E-state index in [1.165, 1.54) is 0 Å². The van der Waals surface area contributed by atoms with Crippen molar-refractivity contribution in [2.45, 2.75) is 25.8 Å². The van der Waals surface area contributed by atoms with Crippen LogP contribution in [-0.2, 0) is 4.79 Å². The number of nitriles is 1. The largest absolute Gasteiger partial charge is 0.342 e. The van der Waals surface area contributed by atoms with E-state index in [1.54, 1.807) is 0 Å². The Morgan fingerprint density at radius 2 is 2.11 bits per heavy atom. The molecule has 100 valence electrons. The molecule has 18 heavy (non-hydrogen) atoms. The van der Waals surface area contributed by atoms with Crippen LogP contribution in [0.5, 0.6) is 0 Å². The smallest absolute Gasteiger partial charge is 0.236 e. The van der Waals surface area contributed by atoms with Crippen molar-refractivity contribution in [1.29, 1.82) is 5.26 Å². The van der Waals surface area contributed by atoms with Crippen LogP contribution in [0.1, 0.15) is 19.8 Å². The number of nitrogens with zero attached hydrogens (tertiary/aromatic N) is 3. The first-order chi connectivity index (χ1) is 8.70. The first-order valence-electron chi connectivity index (χ1n) is 6.83. The lowest BCUT2D eigenvalue weighted by atomic mass is 9.99. The van der Waals surface area contributed by atoms with Crippen molar-refractivity contribution in [3.05, 3.63) is 0 Å². The van der Waals surface area contributed by atoms with E-state index in [0.29, 0.717) is 13.1 Å². The summed E-state index contributed by atoms with van der Waals surface area (Å²) < 4.78 is 0. The summed E-state index contributed by atoms with van der Waals surface area (Å²) in [6, 6.07) is 2.10. The van der Waals surface area contributed by atoms with E-state index in [1.807, 2.05) is 9.80 Å². The van der Waals surface area contributed by atoms with E-state index in [0.717, 1.165) is 44.9 Å². The Balaban J connectivity index is 1.84. The lowest BCUT2D eigenvalue weighted by Crippen LogP contribution is -2.54. The molecule has 0 radical (unpaired) electrons. The minimum atomic E-state index is -0.161. The van der Waals surface area contributed by atoms with E-state index in [2.05, 4.69) is 18.3 Å². The van der Waals surface area contributed by atoms with Gasteiger partial charge in [-0.3, -0.25) is 9.69 Å². The molecular formula is C13H22N4O. The third-order valence-corrected chi connectivity index (χ3v) is 3.98. The van der Waals surface area contributed by atoms with Gasteiger partial charge in [0.25, 0.3) is 0 Å². The van der Waals surface area contributed by atoms with Crippen LogP contribution in [-0.4, -0.2) is 61.0 Å². The third-order valence-electron chi connectivity index (χ3n) is 3.98. The molecule has 0 saturated carbocycles. The van der Waals surface area contributed by atoms with Crippen molar-refractivity contribution in [3.8, 4) is 6.07 Å². The summed E-state index contributed by atoms with van der Waals surface area (Å²) in [6.07, 6.45) is 2.21. The first kappa shape index (κ1) is 13.3. The maximum atomic E-state index is 12.2. The number of piperidine rings is 1. The van der Waals surface area contributed by atoms with Gasteiger partial charge < -0.3 is 10.2 Å².